The molecule has 1 aliphatic rings. The molecule has 0 spiro atoms. The molecule has 0 saturated carbocycles. The molecule has 0 aliphatic carbocycles. The molecule has 5 heteroatoms. The van der Waals surface area contributed by atoms with Gasteiger partial charge >= 0.3 is 0 Å². The van der Waals surface area contributed by atoms with Gasteiger partial charge in [-0.15, -0.1) is 11.8 Å². The van der Waals surface area contributed by atoms with Gasteiger partial charge in [-0.3, -0.25) is 0 Å². The molecule has 0 radical (unpaired) electrons. The molecule has 0 N–H and O–H groups in total. The van der Waals surface area contributed by atoms with E-state index in [2.05, 4.69) is 59.3 Å². The highest BCUT2D eigenvalue weighted by Gasteiger charge is 2.40. The Morgan fingerprint density at radius 1 is 1.18 bits per heavy atom. The van der Waals surface area contributed by atoms with Crippen LogP contribution >= 0.6 is 27.7 Å². The zero-order chi connectivity index (χ0) is 20.2. The van der Waals surface area contributed by atoms with Crippen LogP contribution in [0.1, 0.15) is 49.8 Å². The second-order valence-corrected chi connectivity index (χ2v) is 9.46. The first kappa shape index (κ1) is 21.4. The first-order chi connectivity index (χ1) is 13.5. The summed E-state index contributed by atoms with van der Waals surface area (Å²) in [6, 6.07) is 17.2. The smallest absolute Gasteiger partial charge is 0.109 e. The van der Waals surface area contributed by atoms with Gasteiger partial charge in [0.25, 0.3) is 0 Å². The van der Waals surface area contributed by atoms with Crippen molar-refractivity contribution in [2.45, 2.75) is 49.2 Å². The first-order valence-electron chi connectivity index (χ1n) is 9.97. The van der Waals surface area contributed by atoms with Crippen molar-refractivity contribution in [1.29, 1.82) is 5.26 Å². The van der Waals surface area contributed by atoms with Crippen molar-refractivity contribution in [2.24, 2.45) is 0 Å². The lowest BCUT2D eigenvalue weighted by molar-refractivity contribution is -0.879. The van der Waals surface area contributed by atoms with Crippen LogP contribution in [-0.4, -0.2) is 24.3 Å². The van der Waals surface area contributed by atoms with Gasteiger partial charge in [-0.25, -0.2) is 0 Å². The summed E-state index contributed by atoms with van der Waals surface area (Å²) in [4.78, 5) is 1.17. The molecule has 0 aromatic heterocycles. The molecule has 3 nitrogen and oxygen atoms in total. The molecule has 2 atom stereocenters. The summed E-state index contributed by atoms with van der Waals surface area (Å²) in [6.45, 7) is 5.82. The van der Waals surface area contributed by atoms with E-state index in [0.717, 1.165) is 34.2 Å². The number of fused-ring (bicyclic) bond motifs is 2. The summed E-state index contributed by atoms with van der Waals surface area (Å²) >= 11 is 5.39. The molecule has 1 aliphatic heterocycles. The Morgan fingerprint density at radius 2 is 1.96 bits per heavy atom. The van der Waals surface area contributed by atoms with Gasteiger partial charge in [-0.1, -0.05) is 47.1 Å². The van der Waals surface area contributed by atoms with Crippen molar-refractivity contribution in [3.63, 3.8) is 0 Å². The Balaban J connectivity index is 2.03. The normalized spacial score (nSPS) is 20.4. The zero-order valence-electron chi connectivity index (χ0n) is 16.6. The van der Waals surface area contributed by atoms with Crippen molar-refractivity contribution >= 4 is 27.7 Å². The summed E-state index contributed by atoms with van der Waals surface area (Å²) in [7, 11) is 0. The van der Waals surface area contributed by atoms with Crippen LogP contribution in [0.2, 0.25) is 0 Å². The Hall–Kier alpha value is -1.32. The molecule has 0 saturated heterocycles. The largest absolute Gasteiger partial charge is 0.633 e. The highest BCUT2D eigenvalue weighted by molar-refractivity contribution is 9.10. The van der Waals surface area contributed by atoms with Gasteiger partial charge in [0.15, 0.2) is 0 Å². The van der Waals surface area contributed by atoms with Gasteiger partial charge in [0, 0.05) is 15.1 Å². The molecule has 0 amide bonds. The average molecular weight is 459 g/mol. The monoisotopic (exact) mass is 458 g/mol. The maximum Gasteiger partial charge on any atom is 0.109 e. The topological polar surface area (TPSA) is 46.8 Å². The van der Waals surface area contributed by atoms with E-state index in [9.17, 15) is 10.5 Å². The Labute approximate surface area is 181 Å². The maximum atomic E-state index is 13.0. The fraction of sp³-hybridized carbons (Fsp3) is 0.435. The molecule has 0 fully saturated rings. The predicted octanol–water partition coefficient (Wildman–Crippen LogP) is 6.39. The number of rotatable bonds is 7. The lowest BCUT2D eigenvalue weighted by Gasteiger charge is -2.42. The number of hydrogen-bond donors (Lipinski definition) is 0. The van der Waals surface area contributed by atoms with Gasteiger partial charge in [0.05, 0.1) is 25.7 Å². The number of hydrogen-bond acceptors (Lipinski definition) is 3. The molecular weight excluding hydrogens is 432 g/mol. The second-order valence-electron chi connectivity index (χ2n) is 7.53. The number of hydroxylamine groups is 3. The lowest BCUT2D eigenvalue weighted by Crippen LogP contribution is -2.44. The summed E-state index contributed by atoms with van der Waals surface area (Å²) in [5.74, 6) is 0.857. The average Bonchev–Trinajstić information content (AvgIpc) is 2.84. The second kappa shape index (κ2) is 9.00. The van der Waals surface area contributed by atoms with Crippen LogP contribution in [0.5, 0.6) is 0 Å². The summed E-state index contributed by atoms with van der Waals surface area (Å²) < 4.78 is 0.823. The van der Waals surface area contributed by atoms with Crippen LogP contribution in [0, 0.1) is 16.5 Å². The van der Waals surface area contributed by atoms with Crippen LogP contribution in [0.4, 0.5) is 0 Å². The van der Waals surface area contributed by atoms with E-state index in [0.29, 0.717) is 26.1 Å². The van der Waals surface area contributed by atoms with Crippen LogP contribution < -0.4 is 0 Å². The van der Waals surface area contributed by atoms with Gasteiger partial charge in [0.2, 0.25) is 0 Å². The minimum atomic E-state index is -0.718. The van der Waals surface area contributed by atoms with Crippen molar-refractivity contribution in [2.75, 3.05) is 19.6 Å². The van der Waals surface area contributed by atoms with E-state index in [-0.39, 0.29) is 4.65 Å². The third-order valence-corrected chi connectivity index (χ3v) is 7.39. The van der Waals surface area contributed by atoms with E-state index in [4.69, 9.17) is 0 Å². The standard InChI is InChI=1S/C23H27BrN2OS/c1-3-13-26(27,4-2)14-7-12-23(17-25)20-8-5-6-9-22(20)28-16-18-10-11-19(24)15-21(18)23/h5-6,8-11,15H,3-4,7,12-14,16H2,1-2H3. The molecule has 28 heavy (non-hydrogen) atoms. The fourth-order valence-corrected chi connectivity index (χ4v) is 5.73. The number of thioether (sulfide) groups is 1. The van der Waals surface area contributed by atoms with Crippen LogP contribution in [0.15, 0.2) is 51.8 Å². The Morgan fingerprint density at radius 3 is 2.68 bits per heavy atom. The molecule has 2 aromatic rings. The van der Waals surface area contributed by atoms with Crippen molar-refractivity contribution in [3.05, 3.63) is 68.8 Å². The van der Waals surface area contributed by atoms with E-state index < -0.39 is 5.41 Å². The third kappa shape index (κ3) is 4.16. The number of quaternary nitrogens is 1. The van der Waals surface area contributed by atoms with Crippen LogP contribution in [0.3, 0.4) is 0 Å². The molecule has 0 bridgehead atoms. The minimum absolute atomic E-state index is 0.167. The molecule has 2 unspecified atom stereocenters. The van der Waals surface area contributed by atoms with Crippen LogP contribution in [-0.2, 0) is 11.2 Å². The van der Waals surface area contributed by atoms with E-state index in [1.807, 2.05) is 19.1 Å². The zero-order valence-corrected chi connectivity index (χ0v) is 19.0. The maximum absolute atomic E-state index is 13.0. The van der Waals surface area contributed by atoms with Crippen molar-refractivity contribution < 1.29 is 4.65 Å². The highest BCUT2D eigenvalue weighted by Crippen LogP contribution is 2.47. The SMILES string of the molecule is CCC[N+]([O-])(CC)CCCC1(C#N)c2cc(Br)ccc2CSc2ccccc21. The van der Waals surface area contributed by atoms with E-state index in [1.54, 1.807) is 11.8 Å². The molecule has 2 aromatic carbocycles. The number of benzene rings is 2. The lowest BCUT2D eigenvalue weighted by atomic mass is 9.71. The molecule has 148 valence electrons. The first-order valence-corrected chi connectivity index (χ1v) is 11.8. The fourth-order valence-electron chi connectivity index (χ4n) is 4.23. The minimum Gasteiger partial charge on any atom is -0.633 e. The van der Waals surface area contributed by atoms with Gasteiger partial charge in [-0.05, 0) is 61.1 Å². The quantitative estimate of drug-likeness (QED) is 0.356. The summed E-state index contributed by atoms with van der Waals surface area (Å²) in [6.07, 6.45) is 2.28. The van der Waals surface area contributed by atoms with Gasteiger partial charge in [-0.2, -0.15) is 5.26 Å². The molecular formula is C23H27BrN2OS. The highest BCUT2D eigenvalue weighted by atomic mass is 79.9. The number of nitrogens with zero attached hydrogens (tertiary/aromatic N) is 2. The van der Waals surface area contributed by atoms with Crippen molar-refractivity contribution in [1.82, 2.24) is 0 Å². The van der Waals surface area contributed by atoms with Gasteiger partial charge < -0.3 is 9.85 Å². The predicted molar refractivity (Wildman–Crippen MR) is 120 cm³/mol. The van der Waals surface area contributed by atoms with Gasteiger partial charge in [0.1, 0.15) is 5.41 Å². The van der Waals surface area contributed by atoms with E-state index >= 15 is 0 Å². The summed E-state index contributed by atoms with van der Waals surface area (Å²) in [5.41, 5.74) is 2.65. The summed E-state index contributed by atoms with van der Waals surface area (Å²) in [5, 5.41) is 23.4. The number of halogens is 1. The van der Waals surface area contributed by atoms with E-state index in [1.165, 1.54) is 10.5 Å². The van der Waals surface area contributed by atoms with Crippen molar-refractivity contribution in [3.8, 4) is 6.07 Å². The Kier molecular flexibility index (Phi) is 6.88. The van der Waals surface area contributed by atoms with Crippen LogP contribution in [0.25, 0.3) is 0 Å². The molecule has 3 rings (SSSR count). The molecule has 1 heterocycles. The number of nitriles is 1. The third-order valence-electron chi connectivity index (χ3n) is 5.78. The Bertz CT molecular complexity index is 881.